The first-order valence-corrected chi connectivity index (χ1v) is 7.48. The predicted molar refractivity (Wildman–Crippen MR) is 80.5 cm³/mol. The molecule has 1 saturated heterocycles. The molecule has 0 unspecified atom stereocenters. The van der Waals surface area contributed by atoms with Crippen LogP contribution in [0.4, 0.5) is 11.4 Å². The first-order valence-electron chi connectivity index (χ1n) is 7.48. The number of nitrogens with one attached hydrogen (secondary N) is 1. The molecule has 1 aliphatic heterocycles. The zero-order valence-corrected chi connectivity index (χ0v) is 12.1. The third-order valence-electron chi connectivity index (χ3n) is 4.38. The summed E-state index contributed by atoms with van der Waals surface area (Å²) < 4.78 is 0. The average molecular weight is 302 g/mol. The molecule has 1 heterocycles. The zero-order valence-electron chi connectivity index (χ0n) is 12.1. The molecule has 0 radical (unpaired) electrons. The van der Waals surface area contributed by atoms with Crippen LogP contribution in [0.1, 0.15) is 25.7 Å². The monoisotopic (exact) mass is 302 g/mol. The number of aliphatic carboxylic acids is 1. The van der Waals surface area contributed by atoms with Crippen LogP contribution < -0.4 is 10.2 Å². The fourth-order valence-corrected chi connectivity index (χ4v) is 2.79. The molecule has 1 aromatic rings. The molecule has 0 spiro atoms. The molecule has 1 saturated carbocycles. The van der Waals surface area contributed by atoms with Crippen LogP contribution in [0, 0.1) is 11.8 Å². The highest BCUT2D eigenvalue weighted by molar-refractivity contribution is 6.00. The summed E-state index contributed by atoms with van der Waals surface area (Å²) in [4.78, 5) is 36.4. The lowest BCUT2D eigenvalue weighted by molar-refractivity contribution is -0.141. The highest BCUT2D eigenvalue weighted by Crippen LogP contribution is 2.30. The van der Waals surface area contributed by atoms with Gasteiger partial charge >= 0.3 is 5.97 Å². The summed E-state index contributed by atoms with van der Waals surface area (Å²) in [5.41, 5.74) is 1.26. The maximum atomic E-state index is 12.0. The van der Waals surface area contributed by atoms with E-state index < -0.39 is 11.9 Å². The van der Waals surface area contributed by atoms with E-state index in [-0.39, 0.29) is 30.7 Å². The van der Waals surface area contributed by atoms with Crippen molar-refractivity contribution in [1.29, 1.82) is 0 Å². The van der Waals surface area contributed by atoms with Crippen molar-refractivity contribution in [3.8, 4) is 0 Å². The van der Waals surface area contributed by atoms with Gasteiger partial charge in [0.15, 0.2) is 0 Å². The molecule has 1 atom stereocenters. The molecular weight excluding hydrogens is 284 g/mol. The van der Waals surface area contributed by atoms with E-state index in [9.17, 15) is 14.4 Å². The Morgan fingerprint density at radius 2 is 2.00 bits per heavy atom. The van der Waals surface area contributed by atoms with Crippen molar-refractivity contribution in [2.45, 2.75) is 25.7 Å². The minimum atomic E-state index is -0.953. The summed E-state index contributed by atoms with van der Waals surface area (Å²) >= 11 is 0. The van der Waals surface area contributed by atoms with Crippen molar-refractivity contribution < 1.29 is 19.5 Å². The maximum absolute atomic E-state index is 12.0. The maximum Gasteiger partial charge on any atom is 0.308 e. The Morgan fingerprint density at radius 1 is 1.23 bits per heavy atom. The van der Waals surface area contributed by atoms with Crippen molar-refractivity contribution >= 4 is 29.2 Å². The van der Waals surface area contributed by atoms with Gasteiger partial charge in [-0.1, -0.05) is 12.5 Å². The van der Waals surface area contributed by atoms with Gasteiger partial charge in [0, 0.05) is 30.3 Å². The van der Waals surface area contributed by atoms with E-state index in [1.54, 1.807) is 24.3 Å². The highest BCUT2D eigenvalue weighted by atomic mass is 16.4. The second-order valence-electron chi connectivity index (χ2n) is 5.91. The lowest BCUT2D eigenvalue weighted by atomic mass is 9.85. The Morgan fingerprint density at radius 3 is 2.59 bits per heavy atom. The van der Waals surface area contributed by atoms with E-state index in [0.717, 1.165) is 19.3 Å². The number of hydrogen-bond acceptors (Lipinski definition) is 3. The molecular formula is C16H18N2O4. The highest BCUT2D eigenvalue weighted by Gasteiger charge is 2.35. The standard InChI is InChI=1S/C16H18N2O4/c19-14-7-11(16(21)22)9-18(14)13-6-2-5-12(8-13)17-15(20)10-3-1-4-10/h2,5-6,8,10-11H,1,3-4,7,9H2,(H,17,20)(H,21,22)/t11-/m1/s1. The van der Waals surface area contributed by atoms with Crippen LogP contribution in [-0.2, 0) is 14.4 Å². The molecule has 2 N–H and O–H groups in total. The molecule has 22 heavy (non-hydrogen) atoms. The lowest BCUT2D eigenvalue weighted by Gasteiger charge is -2.24. The van der Waals surface area contributed by atoms with Crippen LogP contribution in [0.2, 0.25) is 0 Å². The van der Waals surface area contributed by atoms with E-state index in [0.29, 0.717) is 11.4 Å². The van der Waals surface area contributed by atoms with Gasteiger partial charge in [0.2, 0.25) is 11.8 Å². The first kappa shape index (κ1) is 14.6. The van der Waals surface area contributed by atoms with E-state index in [4.69, 9.17) is 5.11 Å². The summed E-state index contributed by atoms with van der Waals surface area (Å²) in [5, 5.41) is 11.9. The van der Waals surface area contributed by atoms with Crippen molar-refractivity contribution in [2.24, 2.45) is 11.8 Å². The fraction of sp³-hybridized carbons (Fsp3) is 0.438. The normalized spacial score (nSPS) is 21.5. The molecule has 1 aromatic carbocycles. The molecule has 0 bridgehead atoms. The average Bonchev–Trinajstić information content (AvgIpc) is 2.79. The summed E-state index contributed by atoms with van der Waals surface area (Å²) in [6, 6.07) is 7.00. The molecule has 2 aliphatic rings. The molecule has 0 aromatic heterocycles. The van der Waals surface area contributed by atoms with E-state index in [1.165, 1.54) is 4.90 Å². The zero-order chi connectivity index (χ0) is 15.7. The molecule has 116 valence electrons. The minimum absolute atomic E-state index is 0.0135. The number of hydrogen-bond donors (Lipinski definition) is 2. The van der Waals surface area contributed by atoms with Crippen LogP contribution in [0.15, 0.2) is 24.3 Å². The third kappa shape index (κ3) is 2.81. The topological polar surface area (TPSA) is 86.7 Å². The quantitative estimate of drug-likeness (QED) is 0.889. The van der Waals surface area contributed by atoms with Crippen molar-refractivity contribution in [1.82, 2.24) is 0 Å². The summed E-state index contributed by atoms with van der Waals surface area (Å²) in [6.07, 6.45) is 2.97. The first-order chi connectivity index (χ1) is 10.5. The van der Waals surface area contributed by atoms with Gasteiger partial charge in [0.25, 0.3) is 0 Å². The van der Waals surface area contributed by atoms with Crippen LogP contribution in [0.3, 0.4) is 0 Å². The second kappa shape index (κ2) is 5.79. The Hall–Kier alpha value is -2.37. The van der Waals surface area contributed by atoms with Crippen molar-refractivity contribution in [3.63, 3.8) is 0 Å². The Kier molecular flexibility index (Phi) is 3.83. The van der Waals surface area contributed by atoms with Crippen molar-refractivity contribution in [3.05, 3.63) is 24.3 Å². The molecule has 6 nitrogen and oxygen atoms in total. The van der Waals surface area contributed by atoms with E-state index in [1.807, 2.05) is 0 Å². The number of rotatable bonds is 4. The van der Waals surface area contributed by atoms with Crippen molar-refractivity contribution in [2.75, 3.05) is 16.8 Å². The van der Waals surface area contributed by atoms with E-state index in [2.05, 4.69) is 5.32 Å². The van der Waals surface area contributed by atoms with Gasteiger partial charge in [-0.3, -0.25) is 14.4 Å². The predicted octanol–water partition coefficient (Wildman–Crippen LogP) is 1.86. The molecule has 1 aliphatic carbocycles. The van der Waals surface area contributed by atoms with Gasteiger partial charge in [0.1, 0.15) is 0 Å². The molecule has 2 fully saturated rings. The second-order valence-corrected chi connectivity index (χ2v) is 5.91. The van der Waals surface area contributed by atoms with Crippen LogP contribution in [0.25, 0.3) is 0 Å². The molecule has 6 heteroatoms. The number of carbonyl (C=O) groups is 3. The van der Waals surface area contributed by atoms with Crippen LogP contribution >= 0.6 is 0 Å². The number of benzene rings is 1. The smallest absolute Gasteiger partial charge is 0.308 e. The number of amides is 2. The Labute approximate surface area is 128 Å². The summed E-state index contributed by atoms with van der Waals surface area (Å²) in [5.74, 6) is -1.71. The minimum Gasteiger partial charge on any atom is -0.481 e. The van der Waals surface area contributed by atoms with Crippen LogP contribution in [0.5, 0.6) is 0 Å². The lowest BCUT2D eigenvalue weighted by Crippen LogP contribution is -2.28. The number of carboxylic acids is 1. The number of anilines is 2. The third-order valence-corrected chi connectivity index (χ3v) is 4.38. The fourth-order valence-electron chi connectivity index (χ4n) is 2.79. The number of nitrogens with zero attached hydrogens (tertiary/aromatic N) is 1. The number of carboxylic acid groups (broad SMARTS) is 1. The van der Waals surface area contributed by atoms with Crippen LogP contribution in [-0.4, -0.2) is 29.4 Å². The Bertz CT molecular complexity index is 624. The largest absolute Gasteiger partial charge is 0.481 e. The van der Waals surface area contributed by atoms with Gasteiger partial charge < -0.3 is 15.3 Å². The summed E-state index contributed by atoms with van der Waals surface area (Å²) in [6.45, 7) is 0.175. The van der Waals surface area contributed by atoms with E-state index >= 15 is 0 Å². The van der Waals surface area contributed by atoms with Gasteiger partial charge in [-0.05, 0) is 31.0 Å². The molecule has 3 rings (SSSR count). The molecule has 2 amide bonds. The van der Waals surface area contributed by atoms with Gasteiger partial charge in [-0.2, -0.15) is 0 Å². The number of carbonyl (C=O) groups excluding carboxylic acids is 2. The summed E-state index contributed by atoms with van der Waals surface area (Å²) in [7, 11) is 0. The Balaban J connectivity index is 1.72. The van der Waals surface area contributed by atoms with Gasteiger partial charge in [0.05, 0.1) is 5.92 Å². The van der Waals surface area contributed by atoms with Gasteiger partial charge in [-0.15, -0.1) is 0 Å². The SMILES string of the molecule is O=C(Nc1cccc(N2C[C@H](C(=O)O)CC2=O)c1)C1CCC1. The van der Waals surface area contributed by atoms with Gasteiger partial charge in [-0.25, -0.2) is 0 Å².